The molecule has 0 radical (unpaired) electrons. The van der Waals surface area contributed by atoms with Gasteiger partial charge in [-0.25, -0.2) is 0 Å². The van der Waals surface area contributed by atoms with Gasteiger partial charge in [-0.1, -0.05) is 0 Å². The summed E-state index contributed by atoms with van der Waals surface area (Å²) >= 11 is 3.07. The Labute approximate surface area is 48.2 Å². The van der Waals surface area contributed by atoms with Gasteiger partial charge in [0.15, 0.2) is 0 Å². The maximum absolute atomic E-state index is 10.9. The molecule has 1 atom stereocenters. The van der Waals surface area contributed by atoms with Crippen molar-refractivity contribution in [2.24, 2.45) is 0 Å². The quantitative estimate of drug-likeness (QED) is 0.521. The first kappa shape index (κ1) is 8.12. The van der Waals surface area contributed by atoms with Gasteiger partial charge in [0, 0.05) is 0 Å². The van der Waals surface area contributed by atoms with Crippen molar-refractivity contribution in [2.75, 3.05) is 0 Å². The Bertz CT molecular complexity index is 164. The summed E-state index contributed by atoms with van der Waals surface area (Å²) in [6.45, 7) is 0. The third-order valence-electron chi connectivity index (χ3n) is 0.283. The molecule has 0 bridgehead atoms. The summed E-state index contributed by atoms with van der Waals surface area (Å²) in [6.07, 6.45) is 0. The van der Waals surface area contributed by atoms with Crippen LogP contribution in [0.25, 0.3) is 0 Å². The molecular formula is CF3O2S2-. The van der Waals surface area contributed by atoms with Crippen LogP contribution in [0.3, 0.4) is 0 Å². The van der Waals surface area contributed by atoms with Crippen LogP contribution in [-0.2, 0) is 20.0 Å². The molecule has 0 aromatic heterocycles. The number of rotatable bonds is 0. The molecule has 0 amide bonds. The van der Waals surface area contributed by atoms with E-state index in [9.17, 15) is 21.9 Å². The second-order valence-corrected chi connectivity index (χ2v) is 3.59. The Balaban J connectivity index is 4.53. The summed E-state index contributed by atoms with van der Waals surface area (Å²) in [5.41, 5.74) is -5.28. The van der Waals surface area contributed by atoms with E-state index in [-0.39, 0.29) is 0 Å². The molecule has 2 nitrogen and oxygen atoms in total. The van der Waals surface area contributed by atoms with Gasteiger partial charge in [-0.05, 0) is 11.2 Å². The van der Waals surface area contributed by atoms with Gasteiger partial charge < -0.3 is 4.55 Å². The summed E-state index contributed by atoms with van der Waals surface area (Å²) in [5, 5.41) is 0. The highest BCUT2D eigenvalue weighted by molar-refractivity contribution is 8.30. The number of alkyl halides is 3. The molecule has 8 heavy (non-hydrogen) atoms. The molecule has 0 saturated heterocycles. The molecule has 0 N–H and O–H groups in total. The van der Waals surface area contributed by atoms with Crippen molar-refractivity contribution < 1.29 is 21.9 Å². The van der Waals surface area contributed by atoms with Crippen LogP contribution in [0.5, 0.6) is 0 Å². The second kappa shape index (κ2) is 1.82. The smallest absolute Gasteiger partial charge is 0.461 e. The fourth-order valence-corrected chi connectivity index (χ4v) is 0. The molecule has 7 heteroatoms. The zero-order valence-electron chi connectivity index (χ0n) is 3.27. The molecule has 0 aliphatic carbocycles. The summed E-state index contributed by atoms with van der Waals surface area (Å²) in [5.74, 6) is 0. The van der Waals surface area contributed by atoms with Crippen LogP contribution in [0.1, 0.15) is 0 Å². The van der Waals surface area contributed by atoms with Gasteiger partial charge in [-0.2, -0.15) is 13.2 Å². The SMILES string of the molecule is O=S([O-])(=S)C(F)(F)F. The topological polar surface area (TPSA) is 40.1 Å². The maximum Gasteiger partial charge on any atom is 0.461 e. The summed E-state index contributed by atoms with van der Waals surface area (Å²) in [4.78, 5) is 0. The Morgan fingerprint density at radius 1 is 1.50 bits per heavy atom. The van der Waals surface area contributed by atoms with Crippen molar-refractivity contribution in [2.45, 2.75) is 5.51 Å². The van der Waals surface area contributed by atoms with Gasteiger partial charge in [0.1, 0.15) is 0 Å². The van der Waals surface area contributed by atoms with Crippen molar-refractivity contribution in [3.05, 3.63) is 0 Å². The van der Waals surface area contributed by atoms with E-state index >= 15 is 0 Å². The fraction of sp³-hybridized carbons (Fsp3) is 1.00. The van der Waals surface area contributed by atoms with Gasteiger partial charge in [-0.3, -0.25) is 4.21 Å². The van der Waals surface area contributed by atoms with Crippen LogP contribution in [0.15, 0.2) is 0 Å². The summed E-state index contributed by atoms with van der Waals surface area (Å²) in [7, 11) is -5.26. The van der Waals surface area contributed by atoms with E-state index < -0.39 is 14.3 Å². The van der Waals surface area contributed by atoms with Crippen molar-refractivity contribution in [3.63, 3.8) is 0 Å². The summed E-state index contributed by atoms with van der Waals surface area (Å²) < 4.78 is 51.3. The molecule has 50 valence electrons. The zero-order valence-corrected chi connectivity index (χ0v) is 4.90. The van der Waals surface area contributed by atoms with Crippen LogP contribution >= 0.6 is 0 Å². The lowest BCUT2D eigenvalue weighted by atomic mass is 11.6. The standard InChI is InChI=1S/CHF3O2S2/c2-1(3,4)8(5,6)7/h(H,5,6,7)/p-1. The Hall–Kier alpha value is 0.120. The Morgan fingerprint density at radius 3 is 1.62 bits per heavy atom. The van der Waals surface area contributed by atoms with Gasteiger partial charge >= 0.3 is 5.51 Å². The molecule has 0 rings (SSSR count). The molecule has 0 fully saturated rings. The van der Waals surface area contributed by atoms with E-state index in [1.54, 1.807) is 0 Å². The van der Waals surface area contributed by atoms with Crippen LogP contribution < -0.4 is 0 Å². The fourth-order valence-electron chi connectivity index (χ4n) is 0. The number of halogens is 3. The number of hydrogen-bond acceptors (Lipinski definition) is 3. The predicted molar refractivity (Wildman–Crippen MR) is 22.3 cm³/mol. The van der Waals surface area contributed by atoms with Crippen LogP contribution in [-0.4, -0.2) is 14.3 Å². The van der Waals surface area contributed by atoms with Gasteiger partial charge in [0.2, 0.25) is 0 Å². The van der Waals surface area contributed by atoms with Gasteiger partial charge in [-0.15, -0.1) is 0 Å². The monoisotopic (exact) mass is 165 g/mol. The van der Waals surface area contributed by atoms with E-state index in [0.29, 0.717) is 0 Å². The van der Waals surface area contributed by atoms with Crippen molar-refractivity contribution >= 4 is 20.0 Å². The van der Waals surface area contributed by atoms with Gasteiger partial charge in [0.05, 0.1) is 8.77 Å². The molecule has 0 aromatic rings. The lowest BCUT2D eigenvalue weighted by molar-refractivity contribution is -0.0458. The Kier molecular flexibility index (Phi) is 1.84. The molecule has 0 saturated carbocycles. The molecule has 0 aliphatic heterocycles. The highest BCUT2D eigenvalue weighted by Crippen LogP contribution is 2.20. The lowest BCUT2D eigenvalue weighted by Crippen LogP contribution is -2.20. The Morgan fingerprint density at radius 2 is 1.62 bits per heavy atom. The van der Waals surface area contributed by atoms with Gasteiger partial charge in [0.25, 0.3) is 0 Å². The predicted octanol–water partition coefficient (Wildman–Crippen LogP) is 0.383. The average molecular weight is 165 g/mol. The molecular weight excluding hydrogens is 165 g/mol. The third-order valence-corrected chi connectivity index (χ3v) is 1.42. The third kappa shape index (κ3) is 1.93. The summed E-state index contributed by atoms with van der Waals surface area (Å²) in [6, 6.07) is 0. The minimum absolute atomic E-state index is 3.07. The first-order chi connectivity index (χ1) is 3.25. The van der Waals surface area contributed by atoms with Crippen molar-refractivity contribution in [1.82, 2.24) is 0 Å². The van der Waals surface area contributed by atoms with E-state index in [1.165, 1.54) is 0 Å². The van der Waals surface area contributed by atoms with E-state index in [1.807, 2.05) is 0 Å². The van der Waals surface area contributed by atoms with E-state index in [4.69, 9.17) is 0 Å². The normalized spacial score (nSPS) is 20.0. The minimum Gasteiger partial charge on any atom is -0.763 e. The second-order valence-electron chi connectivity index (χ2n) is 0.900. The van der Waals surface area contributed by atoms with Crippen LogP contribution in [0, 0.1) is 0 Å². The van der Waals surface area contributed by atoms with Crippen molar-refractivity contribution in [1.29, 1.82) is 0 Å². The average Bonchev–Trinajstić information content (AvgIpc) is 1.25. The van der Waals surface area contributed by atoms with Crippen LogP contribution in [0.2, 0.25) is 0 Å². The zero-order chi connectivity index (χ0) is 7.00. The molecule has 0 spiro atoms. The minimum atomic E-state index is -5.28. The molecule has 0 aliphatic rings. The highest BCUT2D eigenvalue weighted by atomic mass is 32.8. The van der Waals surface area contributed by atoms with E-state index in [0.717, 1.165) is 0 Å². The molecule has 0 aromatic carbocycles. The molecule has 1 unspecified atom stereocenters. The maximum atomic E-state index is 10.9. The van der Waals surface area contributed by atoms with Crippen LogP contribution in [0.4, 0.5) is 13.2 Å². The number of hydrogen-bond donors (Lipinski definition) is 0. The first-order valence-corrected chi connectivity index (χ1v) is 3.68. The van der Waals surface area contributed by atoms with E-state index in [2.05, 4.69) is 11.2 Å². The largest absolute Gasteiger partial charge is 0.763 e. The lowest BCUT2D eigenvalue weighted by Gasteiger charge is -2.12. The highest BCUT2D eigenvalue weighted by Gasteiger charge is 2.33. The molecule has 0 heterocycles. The van der Waals surface area contributed by atoms with Crippen molar-refractivity contribution in [3.8, 4) is 0 Å². The first-order valence-electron chi connectivity index (χ1n) is 1.27.